The molecule has 0 saturated heterocycles. The van der Waals surface area contributed by atoms with E-state index < -0.39 is 15.6 Å². The topological polar surface area (TPSA) is 64.6 Å². The number of benzene rings is 2. The van der Waals surface area contributed by atoms with Crippen molar-refractivity contribution in [3.8, 4) is 11.5 Å². The van der Waals surface area contributed by atoms with Crippen molar-refractivity contribution < 1.29 is 17.9 Å². The Morgan fingerprint density at radius 1 is 1.10 bits per heavy atom. The lowest BCUT2D eigenvalue weighted by Crippen LogP contribution is -2.41. The van der Waals surface area contributed by atoms with E-state index in [1.165, 1.54) is 12.7 Å². The quantitative estimate of drug-likeness (QED) is 0.801. The van der Waals surface area contributed by atoms with Gasteiger partial charge in [-0.1, -0.05) is 12.1 Å². The van der Waals surface area contributed by atoms with Crippen molar-refractivity contribution in [1.29, 1.82) is 0 Å². The molecule has 1 heterocycles. The van der Waals surface area contributed by atoms with E-state index in [0.717, 1.165) is 48.1 Å². The monoisotopic (exact) mass is 415 g/mol. The van der Waals surface area contributed by atoms with Gasteiger partial charge >= 0.3 is 0 Å². The minimum Gasteiger partial charge on any atom is -0.495 e. The molecule has 0 radical (unpaired) electrons. The van der Waals surface area contributed by atoms with Gasteiger partial charge in [-0.25, -0.2) is 13.1 Å². The van der Waals surface area contributed by atoms with Crippen LogP contribution in [-0.2, 0) is 22.9 Å². The first-order valence-electron chi connectivity index (χ1n) is 10.2. The van der Waals surface area contributed by atoms with Gasteiger partial charge in [0.15, 0.2) is 0 Å². The van der Waals surface area contributed by atoms with Crippen LogP contribution < -0.4 is 14.2 Å². The molecule has 5 nitrogen and oxygen atoms in total. The molecule has 1 aliphatic heterocycles. The van der Waals surface area contributed by atoms with Crippen LogP contribution in [0.15, 0.2) is 35.2 Å². The van der Waals surface area contributed by atoms with Crippen LogP contribution in [0.25, 0.3) is 0 Å². The van der Waals surface area contributed by atoms with Crippen LogP contribution in [0.1, 0.15) is 61.4 Å². The first kappa shape index (κ1) is 20.2. The summed E-state index contributed by atoms with van der Waals surface area (Å²) >= 11 is 0. The van der Waals surface area contributed by atoms with Crippen molar-refractivity contribution in [1.82, 2.24) is 4.72 Å². The maximum atomic E-state index is 13.4. The number of hydrogen-bond acceptors (Lipinski definition) is 4. The molecule has 6 heteroatoms. The minimum absolute atomic E-state index is 0.221. The van der Waals surface area contributed by atoms with Crippen LogP contribution in [0.4, 0.5) is 0 Å². The summed E-state index contributed by atoms with van der Waals surface area (Å²) < 4.78 is 41.4. The Balaban J connectivity index is 1.73. The molecule has 2 aromatic rings. The molecule has 2 aliphatic rings. The Morgan fingerprint density at radius 2 is 1.79 bits per heavy atom. The maximum Gasteiger partial charge on any atom is 0.244 e. The summed E-state index contributed by atoms with van der Waals surface area (Å²) in [5.41, 5.74) is 3.80. The number of rotatable bonds is 4. The molecular formula is C23H29NO4S. The number of aryl methyl sites for hydroxylation is 3. The number of nitrogens with one attached hydrogen (secondary N) is 1. The van der Waals surface area contributed by atoms with E-state index >= 15 is 0 Å². The number of sulfonamides is 1. The highest BCUT2D eigenvalue weighted by molar-refractivity contribution is 7.89. The second-order valence-corrected chi connectivity index (χ2v) is 10.4. The van der Waals surface area contributed by atoms with Crippen LogP contribution in [0.2, 0.25) is 0 Å². The molecule has 156 valence electrons. The summed E-state index contributed by atoms with van der Waals surface area (Å²) in [6.07, 6.45) is 4.66. The fourth-order valence-corrected chi connectivity index (χ4v) is 5.84. The zero-order valence-corrected chi connectivity index (χ0v) is 18.4. The zero-order chi connectivity index (χ0) is 20.8. The summed E-state index contributed by atoms with van der Waals surface area (Å²) in [5.74, 6) is 1.15. The van der Waals surface area contributed by atoms with Gasteiger partial charge in [-0.2, -0.15) is 0 Å². The van der Waals surface area contributed by atoms with Crippen molar-refractivity contribution in [3.63, 3.8) is 0 Å². The Labute approximate surface area is 173 Å². The van der Waals surface area contributed by atoms with Crippen molar-refractivity contribution in [2.75, 3.05) is 7.11 Å². The van der Waals surface area contributed by atoms with Crippen LogP contribution in [-0.4, -0.2) is 21.1 Å². The molecule has 0 amide bonds. The van der Waals surface area contributed by atoms with E-state index in [-0.39, 0.29) is 10.9 Å². The van der Waals surface area contributed by atoms with E-state index in [1.54, 1.807) is 6.07 Å². The Bertz CT molecular complexity index is 1040. The normalized spacial score (nSPS) is 20.3. The Morgan fingerprint density at radius 3 is 2.48 bits per heavy atom. The van der Waals surface area contributed by atoms with E-state index in [0.29, 0.717) is 12.2 Å². The first-order valence-corrected chi connectivity index (χ1v) is 11.7. The van der Waals surface area contributed by atoms with E-state index in [9.17, 15) is 8.42 Å². The van der Waals surface area contributed by atoms with Gasteiger partial charge < -0.3 is 9.47 Å². The molecule has 0 bridgehead atoms. The molecule has 29 heavy (non-hydrogen) atoms. The third kappa shape index (κ3) is 4.01. The van der Waals surface area contributed by atoms with Crippen LogP contribution in [0, 0.1) is 6.92 Å². The van der Waals surface area contributed by atoms with Crippen LogP contribution in [0.5, 0.6) is 11.5 Å². The van der Waals surface area contributed by atoms with Crippen molar-refractivity contribution in [3.05, 3.63) is 52.6 Å². The number of fused-ring (bicyclic) bond motifs is 2. The fourth-order valence-electron chi connectivity index (χ4n) is 4.42. The standard InChI is InChI=1S/C23H29NO4S/c1-15-9-10-18-19(14-23(2,3)28-20(18)11-15)24-29(25,26)22-13-17-8-6-5-7-16(17)12-21(22)27-4/h9-13,19,24H,5-8,14H2,1-4H3/t19-/m1/s1. The molecular weight excluding hydrogens is 386 g/mol. The molecule has 4 rings (SSSR count). The van der Waals surface area contributed by atoms with Gasteiger partial charge in [0.25, 0.3) is 0 Å². The molecule has 0 aromatic heterocycles. The third-order valence-corrected chi connectivity index (χ3v) is 7.33. The second-order valence-electron chi connectivity index (χ2n) is 8.76. The Kier molecular flexibility index (Phi) is 5.11. The molecule has 0 unspecified atom stereocenters. The predicted molar refractivity (Wildman–Crippen MR) is 113 cm³/mol. The van der Waals surface area contributed by atoms with Crippen molar-refractivity contribution in [2.45, 2.75) is 69.4 Å². The van der Waals surface area contributed by atoms with Crippen LogP contribution >= 0.6 is 0 Å². The van der Waals surface area contributed by atoms with Crippen LogP contribution in [0.3, 0.4) is 0 Å². The average Bonchev–Trinajstić information content (AvgIpc) is 2.65. The summed E-state index contributed by atoms with van der Waals surface area (Å²) in [6, 6.07) is 9.25. The van der Waals surface area contributed by atoms with E-state index in [4.69, 9.17) is 9.47 Å². The van der Waals surface area contributed by atoms with Gasteiger partial charge in [-0.15, -0.1) is 0 Å². The second kappa shape index (κ2) is 7.33. The van der Waals surface area contributed by atoms with Gasteiger partial charge in [0.2, 0.25) is 10.0 Å². The van der Waals surface area contributed by atoms with E-state index in [2.05, 4.69) is 4.72 Å². The molecule has 1 aliphatic carbocycles. The van der Waals surface area contributed by atoms with Gasteiger partial charge in [-0.05, 0) is 81.3 Å². The first-order chi connectivity index (χ1) is 13.7. The Hall–Kier alpha value is -2.05. The summed E-state index contributed by atoms with van der Waals surface area (Å²) in [4.78, 5) is 0.221. The zero-order valence-electron chi connectivity index (χ0n) is 17.5. The highest BCUT2D eigenvalue weighted by Gasteiger charge is 2.37. The molecule has 0 saturated carbocycles. The molecule has 0 spiro atoms. The van der Waals surface area contributed by atoms with E-state index in [1.807, 2.05) is 45.0 Å². The molecule has 1 atom stereocenters. The van der Waals surface area contributed by atoms with Gasteiger partial charge in [0.1, 0.15) is 22.0 Å². The largest absolute Gasteiger partial charge is 0.495 e. The fraction of sp³-hybridized carbons (Fsp3) is 0.478. The predicted octanol–water partition coefficient (Wildman–Crippen LogP) is 4.46. The lowest BCUT2D eigenvalue weighted by atomic mass is 9.90. The molecule has 2 aromatic carbocycles. The smallest absolute Gasteiger partial charge is 0.244 e. The summed E-state index contributed by atoms with van der Waals surface area (Å²) in [5, 5.41) is 0. The molecule has 0 fully saturated rings. The van der Waals surface area contributed by atoms with Crippen molar-refractivity contribution in [2.24, 2.45) is 0 Å². The third-order valence-electron chi connectivity index (χ3n) is 5.84. The number of ether oxygens (including phenoxy) is 2. The van der Waals surface area contributed by atoms with Crippen molar-refractivity contribution >= 4 is 10.0 Å². The number of methoxy groups -OCH3 is 1. The number of hydrogen-bond donors (Lipinski definition) is 1. The highest BCUT2D eigenvalue weighted by atomic mass is 32.2. The summed E-state index contributed by atoms with van der Waals surface area (Å²) in [6.45, 7) is 5.97. The summed E-state index contributed by atoms with van der Waals surface area (Å²) in [7, 11) is -2.24. The van der Waals surface area contributed by atoms with Gasteiger partial charge in [-0.3, -0.25) is 0 Å². The maximum absolute atomic E-state index is 13.4. The average molecular weight is 416 g/mol. The SMILES string of the molecule is COc1cc2c(cc1S(=O)(=O)N[C@@H]1CC(C)(C)Oc3cc(C)ccc31)CCCC2. The van der Waals surface area contributed by atoms with Gasteiger partial charge in [0.05, 0.1) is 13.2 Å². The highest BCUT2D eigenvalue weighted by Crippen LogP contribution is 2.41. The van der Waals surface area contributed by atoms with Gasteiger partial charge in [0, 0.05) is 12.0 Å². The lowest BCUT2D eigenvalue weighted by molar-refractivity contribution is 0.0701. The minimum atomic E-state index is -3.77. The molecule has 1 N–H and O–H groups in total. The lowest BCUT2D eigenvalue weighted by Gasteiger charge is -2.38.